The Balaban J connectivity index is 2.77. The molecule has 0 fully saturated rings. The number of hydrogen-bond donors (Lipinski definition) is 0. The molecule has 0 saturated carbocycles. The number of nitrogens with zero attached hydrogens (tertiary/aromatic N) is 1. The first-order valence-electron chi connectivity index (χ1n) is 3.50. The van der Waals surface area contributed by atoms with Crippen molar-refractivity contribution >= 4 is 6.08 Å². The smallest absolute Gasteiger partial charge is 0.118 e. The second-order valence-electron chi connectivity index (χ2n) is 2.19. The third kappa shape index (κ3) is 2.20. The molecule has 0 aliphatic rings. The lowest BCUT2D eigenvalue weighted by atomic mass is 10.2. The molecule has 12 heavy (non-hydrogen) atoms. The Labute approximate surface area is 70.6 Å². The van der Waals surface area contributed by atoms with E-state index in [4.69, 9.17) is 4.74 Å². The van der Waals surface area contributed by atoms with Crippen LogP contribution in [0.1, 0.15) is 5.56 Å². The van der Waals surface area contributed by atoms with Crippen LogP contribution >= 0.6 is 0 Å². The lowest BCUT2D eigenvalue weighted by molar-refractivity contribution is 0.415. The molecule has 0 spiro atoms. The molecule has 0 amide bonds. The Morgan fingerprint density at radius 3 is 2.50 bits per heavy atom. The van der Waals surface area contributed by atoms with Crippen molar-refractivity contribution in [3.8, 4) is 5.75 Å². The van der Waals surface area contributed by atoms with Crippen molar-refractivity contribution in [3.63, 3.8) is 0 Å². The fraction of sp³-hybridized carbons (Fsp3) is 0.111. The fourth-order valence-electron chi connectivity index (χ4n) is 0.832. The van der Waals surface area contributed by atoms with Crippen LogP contribution in [0.4, 0.5) is 0 Å². The largest absolute Gasteiger partial charge is 0.497 e. The minimum atomic E-state index is 0.797. The van der Waals surface area contributed by atoms with Gasteiger partial charge in [0.1, 0.15) is 5.75 Å². The lowest BCUT2D eigenvalue weighted by Crippen LogP contribution is -1.80. The third-order valence-electron chi connectivity index (χ3n) is 1.44. The van der Waals surface area contributed by atoms with Crippen LogP contribution in [0.15, 0.2) is 35.6 Å². The van der Waals surface area contributed by atoms with Gasteiger partial charge in [-0.1, -0.05) is 12.1 Å². The molecule has 62 valence electrons. The number of hydrogen-bond acceptors (Lipinski definition) is 3. The van der Waals surface area contributed by atoms with E-state index in [0.29, 0.717) is 0 Å². The molecule has 0 aliphatic heterocycles. The van der Waals surface area contributed by atoms with Gasteiger partial charge in [0.15, 0.2) is 0 Å². The summed E-state index contributed by atoms with van der Waals surface area (Å²) < 4.78 is 4.96. The summed E-state index contributed by atoms with van der Waals surface area (Å²) in [6.07, 6.45) is 2.84. The highest BCUT2D eigenvalue weighted by molar-refractivity contribution is 5.50. The van der Waals surface area contributed by atoms with Crippen molar-refractivity contribution < 1.29 is 4.74 Å². The maximum Gasteiger partial charge on any atom is 0.118 e. The first-order chi connectivity index (χ1) is 5.86. The van der Waals surface area contributed by atoms with Gasteiger partial charge in [-0.2, -0.15) is 0 Å². The van der Waals surface area contributed by atoms with Gasteiger partial charge in [-0.15, -0.1) is 4.91 Å². The van der Waals surface area contributed by atoms with Gasteiger partial charge in [0.2, 0.25) is 0 Å². The van der Waals surface area contributed by atoms with E-state index >= 15 is 0 Å². The Bertz CT molecular complexity index is 277. The third-order valence-corrected chi connectivity index (χ3v) is 1.44. The molecule has 0 N–H and O–H groups in total. The summed E-state index contributed by atoms with van der Waals surface area (Å²) in [5, 5.41) is 2.61. The number of methoxy groups -OCH3 is 1. The van der Waals surface area contributed by atoms with Crippen LogP contribution in [0.2, 0.25) is 0 Å². The highest BCUT2D eigenvalue weighted by Crippen LogP contribution is 2.11. The second-order valence-corrected chi connectivity index (χ2v) is 2.19. The van der Waals surface area contributed by atoms with Crippen molar-refractivity contribution in [2.24, 2.45) is 5.18 Å². The molecule has 3 nitrogen and oxygen atoms in total. The fourth-order valence-corrected chi connectivity index (χ4v) is 0.832. The minimum Gasteiger partial charge on any atom is -0.497 e. The summed E-state index contributed by atoms with van der Waals surface area (Å²) >= 11 is 0. The summed E-state index contributed by atoms with van der Waals surface area (Å²) in [5.41, 5.74) is 0.926. The maximum atomic E-state index is 9.74. The van der Waals surface area contributed by atoms with Crippen molar-refractivity contribution in [2.45, 2.75) is 0 Å². The Morgan fingerprint density at radius 2 is 2.00 bits per heavy atom. The molecular formula is C9H9NO2. The predicted octanol–water partition coefficient (Wildman–Crippen LogP) is 2.43. The second kappa shape index (κ2) is 4.28. The highest BCUT2D eigenvalue weighted by Gasteiger charge is 1.88. The Hall–Kier alpha value is -1.64. The Morgan fingerprint density at radius 1 is 1.33 bits per heavy atom. The van der Waals surface area contributed by atoms with Crippen LogP contribution in [0.5, 0.6) is 5.75 Å². The molecule has 3 heteroatoms. The van der Waals surface area contributed by atoms with Crippen LogP contribution < -0.4 is 4.74 Å². The van der Waals surface area contributed by atoms with E-state index in [1.54, 1.807) is 13.2 Å². The molecule has 0 unspecified atom stereocenters. The molecule has 0 heterocycles. The van der Waals surface area contributed by atoms with E-state index in [1.165, 1.54) is 6.20 Å². The normalized spacial score (nSPS) is 10.1. The molecule has 0 saturated heterocycles. The zero-order valence-electron chi connectivity index (χ0n) is 6.73. The van der Waals surface area contributed by atoms with Gasteiger partial charge in [0.05, 0.1) is 13.3 Å². The first kappa shape index (κ1) is 8.46. The van der Waals surface area contributed by atoms with Crippen molar-refractivity contribution in [1.82, 2.24) is 0 Å². The zero-order chi connectivity index (χ0) is 8.81. The molecule has 1 rings (SSSR count). The molecular weight excluding hydrogens is 154 g/mol. The van der Waals surface area contributed by atoms with E-state index in [9.17, 15) is 4.91 Å². The summed E-state index contributed by atoms with van der Waals surface area (Å²) in [4.78, 5) is 9.74. The quantitative estimate of drug-likeness (QED) is 0.642. The van der Waals surface area contributed by atoms with Crippen LogP contribution in [-0.2, 0) is 0 Å². The molecule has 0 aromatic heterocycles. The highest BCUT2D eigenvalue weighted by atomic mass is 16.5. The van der Waals surface area contributed by atoms with Gasteiger partial charge in [-0.25, -0.2) is 0 Å². The van der Waals surface area contributed by atoms with Crippen LogP contribution in [0, 0.1) is 4.91 Å². The van der Waals surface area contributed by atoms with Crippen molar-refractivity contribution in [3.05, 3.63) is 40.9 Å². The van der Waals surface area contributed by atoms with E-state index in [1.807, 2.05) is 24.3 Å². The summed E-state index contributed by atoms with van der Waals surface area (Å²) in [5.74, 6) is 0.797. The van der Waals surface area contributed by atoms with Gasteiger partial charge < -0.3 is 4.74 Å². The Kier molecular flexibility index (Phi) is 3.02. The minimum absolute atomic E-state index is 0.797. The van der Waals surface area contributed by atoms with Gasteiger partial charge in [0.25, 0.3) is 0 Å². The first-order valence-corrected chi connectivity index (χ1v) is 3.50. The predicted molar refractivity (Wildman–Crippen MR) is 47.8 cm³/mol. The summed E-state index contributed by atoms with van der Waals surface area (Å²) in [7, 11) is 1.61. The molecule has 0 aliphatic carbocycles. The monoisotopic (exact) mass is 163 g/mol. The number of rotatable bonds is 3. The molecule has 1 aromatic rings. The van der Waals surface area contributed by atoms with Gasteiger partial charge in [-0.3, -0.25) is 0 Å². The number of benzene rings is 1. The van der Waals surface area contributed by atoms with Crippen molar-refractivity contribution in [1.29, 1.82) is 0 Å². The van der Waals surface area contributed by atoms with Crippen LogP contribution in [0.25, 0.3) is 6.08 Å². The molecule has 0 atom stereocenters. The van der Waals surface area contributed by atoms with E-state index in [-0.39, 0.29) is 0 Å². The van der Waals surface area contributed by atoms with Gasteiger partial charge in [0, 0.05) is 0 Å². The standard InChI is InChI=1S/C9H9NO2/c1-12-9-4-2-8(3-5-9)6-7-10-11/h2-7H,1H3/b7-6+. The van der Waals surface area contributed by atoms with Crippen LogP contribution in [0.3, 0.4) is 0 Å². The lowest BCUT2D eigenvalue weighted by Gasteiger charge is -1.97. The summed E-state index contributed by atoms with van der Waals surface area (Å²) in [6, 6.07) is 7.34. The van der Waals surface area contributed by atoms with Crippen molar-refractivity contribution in [2.75, 3.05) is 7.11 Å². The topological polar surface area (TPSA) is 38.7 Å². The van der Waals surface area contributed by atoms with E-state index < -0.39 is 0 Å². The maximum absolute atomic E-state index is 9.74. The van der Waals surface area contributed by atoms with E-state index in [2.05, 4.69) is 5.18 Å². The molecule has 1 aromatic carbocycles. The molecule has 0 radical (unpaired) electrons. The number of nitroso groups, excluding NO2 is 1. The van der Waals surface area contributed by atoms with Crippen LogP contribution in [-0.4, -0.2) is 7.11 Å². The van der Waals surface area contributed by atoms with E-state index in [0.717, 1.165) is 11.3 Å². The average Bonchev–Trinajstić information content (AvgIpc) is 2.15. The number of ether oxygens (including phenoxy) is 1. The zero-order valence-corrected chi connectivity index (χ0v) is 6.73. The average molecular weight is 163 g/mol. The molecule has 0 bridgehead atoms. The SMILES string of the molecule is COc1ccc(/C=C/N=O)cc1. The van der Waals surface area contributed by atoms with Gasteiger partial charge in [-0.05, 0) is 28.9 Å². The van der Waals surface area contributed by atoms with Gasteiger partial charge >= 0.3 is 0 Å². The summed E-state index contributed by atoms with van der Waals surface area (Å²) in [6.45, 7) is 0.